The van der Waals surface area contributed by atoms with Crippen LogP contribution in [0.15, 0.2) is 11.6 Å². The fraction of sp³-hybridized carbons (Fsp3) is 0.929. The molecule has 1 fully saturated rings. The summed E-state index contributed by atoms with van der Waals surface area (Å²) in [4.78, 5) is 2.21. The molecule has 0 spiro atoms. The van der Waals surface area contributed by atoms with Crippen LogP contribution >= 0.6 is 0 Å². The van der Waals surface area contributed by atoms with E-state index in [0.717, 1.165) is 19.3 Å². The van der Waals surface area contributed by atoms with Crippen molar-refractivity contribution in [3.05, 3.63) is 11.6 Å². The first-order valence-corrected chi connectivity index (χ1v) is 13.4. The Morgan fingerprint density at radius 3 is 1.69 bits per heavy atom. The van der Waals surface area contributed by atoms with Gasteiger partial charge in [0, 0.05) is 8.78 Å². The summed E-state index contributed by atoms with van der Waals surface area (Å²) >= 11 is 0. The molecule has 1 rings (SSSR count). The maximum Gasteiger partial charge on any atom is 0.0431 e. The van der Waals surface area contributed by atoms with E-state index in [4.69, 9.17) is 2.74 Å². The molecular weight excluding hydrogens is 350 g/mol. The average Bonchev–Trinajstić information content (AvgIpc) is 3.09. The summed E-state index contributed by atoms with van der Waals surface area (Å²) in [7, 11) is 0. The molecular formula is C28H55N. The molecule has 3 unspecified atom stereocenters. The van der Waals surface area contributed by atoms with Crippen LogP contribution in [0.3, 0.4) is 0 Å². The molecule has 1 nitrogen and oxygen atoms in total. The Balaban J connectivity index is 2.36. The molecule has 1 saturated heterocycles. The van der Waals surface area contributed by atoms with Crippen LogP contribution in [0.2, 0.25) is 0 Å². The molecule has 0 radical (unpaired) electrons. The topological polar surface area (TPSA) is 3.24 Å². The predicted octanol–water partition coefficient (Wildman–Crippen LogP) is 9.46. The molecule has 0 aromatic rings. The summed E-state index contributed by atoms with van der Waals surface area (Å²) in [6.07, 6.45) is 28.3. The lowest BCUT2D eigenvalue weighted by Gasteiger charge is -2.29. The van der Waals surface area contributed by atoms with Crippen LogP contribution in [0.5, 0.6) is 0 Å². The van der Waals surface area contributed by atoms with Crippen LogP contribution < -0.4 is 0 Å². The lowest BCUT2D eigenvalue weighted by atomic mass is 9.97. The van der Waals surface area contributed by atoms with Crippen molar-refractivity contribution in [3.63, 3.8) is 0 Å². The second-order valence-corrected chi connectivity index (χ2v) is 9.38. The van der Waals surface area contributed by atoms with Gasteiger partial charge in [-0.1, -0.05) is 122 Å². The van der Waals surface area contributed by atoms with Crippen molar-refractivity contribution < 1.29 is 2.74 Å². The molecule has 172 valence electrons. The average molecular weight is 408 g/mol. The van der Waals surface area contributed by atoms with E-state index in [9.17, 15) is 0 Å². The minimum absolute atomic E-state index is 0.173. The third kappa shape index (κ3) is 14.4. The van der Waals surface area contributed by atoms with Crippen molar-refractivity contribution in [3.8, 4) is 0 Å². The standard InChI is InChI=1S/C28H55N/c1-4-6-8-10-12-14-16-18-20-24-28(29-25-21-22-26-29)27(3)23-19-17-15-13-11-9-7-5-2/h23,28H,4-22,24-26H2,1-3H3/i25D,26D. The molecule has 29 heavy (non-hydrogen) atoms. The van der Waals surface area contributed by atoms with Gasteiger partial charge >= 0.3 is 0 Å². The van der Waals surface area contributed by atoms with Crippen LogP contribution in [0.25, 0.3) is 0 Å². The van der Waals surface area contributed by atoms with E-state index in [-0.39, 0.29) is 13.0 Å². The van der Waals surface area contributed by atoms with Gasteiger partial charge in [0.05, 0.1) is 0 Å². The third-order valence-corrected chi connectivity index (χ3v) is 6.59. The second-order valence-electron chi connectivity index (χ2n) is 9.38. The van der Waals surface area contributed by atoms with Crippen molar-refractivity contribution in [2.45, 2.75) is 155 Å². The van der Waals surface area contributed by atoms with E-state index in [1.807, 2.05) is 0 Å². The highest BCUT2D eigenvalue weighted by atomic mass is 15.2. The first kappa shape index (κ1) is 23.4. The normalized spacial score (nSPS) is 22.7. The summed E-state index contributed by atoms with van der Waals surface area (Å²) in [5.41, 5.74) is 1.43. The minimum atomic E-state index is -0.173. The minimum Gasteiger partial charge on any atom is -0.297 e. The summed E-state index contributed by atoms with van der Waals surface area (Å²) in [5, 5.41) is 0. The number of allylic oxidation sites excluding steroid dienone is 1. The Labute approximate surface area is 187 Å². The second kappa shape index (κ2) is 19.7. The lowest BCUT2D eigenvalue weighted by Crippen LogP contribution is -2.33. The van der Waals surface area contributed by atoms with Crippen molar-refractivity contribution in [2.24, 2.45) is 0 Å². The molecule has 0 aromatic carbocycles. The molecule has 0 saturated carbocycles. The van der Waals surface area contributed by atoms with Gasteiger partial charge < -0.3 is 0 Å². The Morgan fingerprint density at radius 1 is 0.724 bits per heavy atom. The van der Waals surface area contributed by atoms with E-state index in [0.29, 0.717) is 6.04 Å². The van der Waals surface area contributed by atoms with Gasteiger partial charge in [-0.2, -0.15) is 0 Å². The molecule has 0 N–H and O–H groups in total. The molecule has 0 aliphatic carbocycles. The Hall–Kier alpha value is -0.300. The van der Waals surface area contributed by atoms with Gasteiger partial charge in [-0.25, -0.2) is 0 Å². The van der Waals surface area contributed by atoms with Gasteiger partial charge in [0.15, 0.2) is 0 Å². The fourth-order valence-electron chi connectivity index (χ4n) is 4.60. The van der Waals surface area contributed by atoms with Gasteiger partial charge in [-0.15, -0.1) is 0 Å². The Bertz CT molecular complexity index is 427. The van der Waals surface area contributed by atoms with Gasteiger partial charge in [-0.05, 0) is 52.1 Å². The summed E-state index contributed by atoms with van der Waals surface area (Å²) in [6.45, 7) is 6.49. The molecule has 1 heterocycles. The number of rotatable bonds is 20. The maximum atomic E-state index is 8.47. The van der Waals surface area contributed by atoms with Gasteiger partial charge in [-0.3, -0.25) is 4.90 Å². The van der Waals surface area contributed by atoms with E-state index in [1.54, 1.807) is 0 Å². The molecule has 1 heteroatoms. The highest BCUT2D eigenvalue weighted by molar-refractivity contribution is 5.09. The highest BCUT2D eigenvalue weighted by Gasteiger charge is 2.22. The van der Waals surface area contributed by atoms with E-state index < -0.39 is 0 Å². The first-order chi connectivity index (χ1) is 15.1. The first-order valence-electron chi connectivity index (χ1n) is 14.6. The van der Waals surface area contributed by atoms with Crippen LogP contribution in [0, 0.1) is 0 Å². The Kier molecular flexibility index (Phi) is 15.8. The zero-order chi connectivity index (χ0) is 22.7. The van der Waals surface area contributed by atoms with Crippen molar-refractivity contribution in [1.82, 2.24) is 4.90 Å². The lowest BCUT2D eigenvalue weighted by molar-refractivity contribution is 0.255. The van der Waals surface area contributed by atoms with E-state index in [1.165, 1.54) is 115 Å². The summed E-state index contributed by atoms with van der Waals surface area (Å²) in [6, 6.07) is 0.321. The number of unbranched alkanes of at least 4 members (excludes halogenated alkanes) is 15. The third-order valence-electron chi connectivity index (χ3n) is 6.59. The summed E-state index contributed by atoms with van der Waals surface area (Å²) in [5.74, 6) is 0. The smallest absolute Gasteiger partial charge is 0.0431 e. The zero-order valence-corrected chi connectivity index (χ0v) is 20.4. The monoisotopic (exact) mass is 407 g/mol. The quantitative estimate of drug-likeness (QED) is 0.143. The van der Waals surface area contributed by atoms with Gasteiger partial charge in [0.2, 0.25) is 0 Å². The molecule has 3 atom stereocenters. The van der Waals surface area contributed by atoms with Gasteiger partial charge in [0.25, 0.3) is 0 Å². The molecule has 0 amide bonds. The number of likely N-dealkylation sites (tertiary alicyclic amines) is 1. The number of nitrogens with zero attached hydrogens (tertiary/aromatic N) is 1. The molecule has 1 aliphatic heterocycles. The summed E-state index contributed by atoms with van der Waals surface area (Å²) < 4.78 is 16.9. The molecule has 0 aromatic heterocycles. The van der Waals surface area contributed by atoms with Crippen LogP contribution in [0.1, 0.15) is 152 Å². The van der Waals surface area contributed by atoms with Crippen molar-refractivity contribution in [1.29, 1.82) is 0 Å². The van der Waals surface area contributed by atoms with Crippen LogP contribution in [-0.2, 0) is 0 Å². The van der Waals surface area contributed by atoms with Crippen LogP contribution in [-0.4, -0.2) is 24.0 Å². The largest absolute Gasteiger partial charge is 0.297 e. The highest BCUT2D eigenvalue weighted by Crippen LogP contribution is 2.24. The van der Waals surface area contributed by atoms with E-state index >= 15 is 0 Å². The van der Waals surface area contributed by atoms with Crippen molar-refractivity contribution in [2.75, 3.05) is 13.0 Å². The predicted molar refractivity (Wildman–Crippen MR) is 133 cm³/mol. The fourth-order valence-corrected chi connectivity index (χ4v) is 4.60. The number of hydrogen-bond donors (Lipinski definition) is 0. The number of hydrogen-bond acceptors (Lipinski definition) is 1. The molecule has 0 bridgehead atoms. The SMILES string of the molecule is [2H]C1CCC([2H])N1C(CCCCCCCCCCC)C(C)=CCCCCCCCCC. The Morgan fingerprint density at radius 2 is 1.17 bits per heavy atom. The van der Waals surface area contributed by atoms with E-state index in [2.05, 4.69) is 31.7 Å². The van der Waals surface area contributed by atoms with Crippen molar-refractivity contribution >= 4 is 0 Å². The van der Waals surface area contributed by atoms with Gasteiger partial charge in [0.1, 0.15) is 0 Å². The van der Waals surface area contributed by atoms with Crippen LogP contribution in [0.4, 0.5) is 0 Å². The molecule has 1 aliphatic rings. The maximum absolute atomic E-state index is 8.47. The zero-order valence-electron chi connectivity index (χ0n) is 22.4.